The number of hydrogen-bond donors (Lipinski definition) is 1. The minimum atomic E-state index is -0.934. The van der Waals surface area contributed by atoms with Gasteiger partial charge in [-0.2, -0.15) is 0 Å². The van der Waals surface area contributed by atoms with E-state index >= 15 is 0 Å². The Kier molecular flexibility index (Phi) is 4.99. The number of halogens is 2. The largest absolute Gasteiger partial charge is 0.371 e. The van der Waals surface area contributed by atoms with Crippen LogP contribution in [0.2, 0.25) is 0 Å². The summed E-state index contributed by atoms with van der Waals surface area (Å²) in [6.45, 7) is 2.17. The van der Waals surface area contributed by atoms with E-state index in [0.717, 1.165) is 12.1 Å². The summed E-state index contributed by atoms with van der Waals surface area (Å²) in [7, 11) is 1.60. The van der Waals surface area contributed by atoms with Crippen molar-refractivity contribution in [1.82, 2.24) is 10.2 Å². The van der Waals surface area contributed by atoms with Crippen molar-refractivity contribution in [2.75, 3.05) is 13.7 Å². The molecule has 0 saturated carbocycles. The molecule has 1 heterocycles. The Balaban J connectivity index is 2.09. The summed E-state index contributed by atoms with van der Waals surface area (Å²) in [5.41, 5.74) is 0.495. The van der Waals surface area contributed by atoms with E-state index < -0.39 is 17.7 Å². The van der Waals surface area contributed by atoms with Crippen molar-refractivity contribution in [3.8, 4) is 12.3 Å². The van der Waals surface area contributed by atoms with Crippen molar-refractivity contribution in [3.63, 3.8) is 0 Å². The lowest BCUT2D eigenvalue weighted by atomic mass is 10.0. The first kappa shape index (κ1) is 16.2. The first-order chi connectivity index (χ1) is 10.4. The average Bonchev–Trinajstić information content (AvgIpc) is 2.96. The van der Waals surface area contributed by atoms with Gasteiger partial charge in [0, 0.05) is 13.7 Å². The lowest BCUT2D eigenvalue weighted by molar-refractivity contribution is 0.0979. The Bertz CT molecular complexity index is 600. The molecule has 0 spiro atoms. The van der Waals surface area contributed by atoms with Crippen LogP contribution in [0.4, 0.5) is 13.6 Å². The molecule has 118 valence electrons. The molecular weight excluding hydrogens is 290 g/mol. The van der Waals surface area contributed by atoms with Crippen molar-refractivity contribution >= 4 is 6.03 Å². The van der Waals surface area contributed by atoms with E-state index in [1.807, 2.05) is 0 Å². The minimum Gasteiger partial charge on any atom is -0.371 e. The van der Waals surface area contributed by atoms with Crippen LogP contribution in [-0.2, 0) is 4.74 Å². The predicted octanol–water partition coefficient (Wildman–Crippen LogP) is 2.46. The number of nitrogens with one attached hydrogen (secondary N) is 1. The molecule has 0 radical (unpaired) electrons. The van der Waals surface area contributed by atoms with Crippen LogP contribution >= 0.6 is 0 Å². The van der Waals surface area contributed by atoms with E-state index in [1.165, 1.54) is 11.0 Å². The molecule has 1 aromatic rings. The van der Waals surface area contributed by atoms with E-state index in [4.69, 9.17) is 11.2 Å². The van der Waals surface area contributed by atoms with Crippen LogP contribution in [-0.4, -0.2) is 36.7 Å². The second kappa shape index (κ2) is 6.75. The van der Waals surface area contributed by atoms with Gasteiger partial charge in [0.2, 0.25) is 0 Å². The van der Waals surface area contributed by atoms with Crippen LogP contribution < -0.4 is 5.32 Å². The Morgan fingerprint density at radius 3 is 2.86 bits per heavy atom. The maximum absolute atomic E-state index is 13.4. The van der Waals surface area contributed by atoms with Crippen molar-refractivity contribution in [2.24, 2.45) is 0 Å². The van der Waals surface area contributed by atoms with Crippen molar-refractivity contribution in [3.05, 3.63) is 35.4 Å². The third-order valence-corrected chi connectivity index (χ3v) is 3.82. The molecule has 3 atom stereocenters. The highest BCUT2D eigenvalue weighted by molar-refractivity contribution is 5.75. The maximum atomic E-state index is 13.4. The molecule has 0 aliphatic carbocycles. The van der Waals surface area contributed by atoms with Gasteiger partial charge in [-0.05, 0) is 31.0 Å². The molecule has 6 heteroatoms. The molecule has 0 aromatic heterocycles. The first-order valence-electron chi connectivity index (χ1n) is 7.00. The topological polar surface area (TPSA) is 41.6 Å². The van der Waals surface area contributed by atoms with Gasteiger partial charge in [-0.1, -0.05) is 12.0 Å². The number of benzene rings is 1. The van der Waals surface area contributed by atoms with Crippen molar-refractivity contribution < 1.29 is 18.3 Å². The third kappa shape index (κ3) is 3.37. The van der Waals surface area contributed by atoms with Crippen molar-refractivity contribution in [1.29, 1.82) is 0 Å². The number of hydrogen-bond acceptors (Lipinski definition) is 2. The average molecular weight is 308 g/mol. The number of nitrogens with zero attached hydrogens (tertiary/aromatic N) is 1. The number of urea groups is 1. The summed E-state index contributed by atoms with van der Waals surface area (Å²) in [5, 5.41) is 2.83. The van der Waals surface area contributed by atoms with Gasteiger partial charge >= 0.3 is 6.03 Å². The second-order valence-corrected chi connectivity index (χ2v) is 5.26. The highest BCUT2D eigenvalue weighted by Gasteiger charge is 2.32. The fraction of sp³-hybridized carbons (Fsp3) is 0.438. The highest BCUT2D eigenvalue weighted by atomic mass is 19.2. The standard InChI is InChI=1S/C16H18F2N2O2/c1-4-10(2)20(3)16(21)19-14-7-8-22-15(14)11-5-6-12(17)13(18)9-11/h1,5-6,9-10,14-15H,7-8H2,2-3H3,(H,19,21)/t10-,14+,15+/m0/s1. The van der Waals surface area contributed by atoms with Gasteiger partial charge in [-0.3, -0.25) is 0 Å². The molecule has 4 nitrogen and oxygen atoms in total. The Morgan fingerprint density at radius 2 is 2.23 bits per heavy atom. The van der Waals surface area contributed by atoms with Crippen LogP contribution in [0.5, 0.6) is 0 Å². The monoisotopic (exact) mass is 308 g/mol. The molecule has 0 unspecified atom stereocenters. The number of carbonyl (C=O) groups is 1. The molecule has 1 N–H and O–H groups in total. The molecule has 1 fully saturated rings. The van der Waals surface area contributed by atoms with Gasteiger partial charge in [0.15, 0.2) is 11.6 Å². The summed E-state index contributed by atoms with van der Waals surface area (Å²) in [6, 6.07) is 2.62. The van der Waals surface area contributed by atoms with Gasteiger partial charge in [0.25, 0.3) is 0 Å². The van der Waals surface area contributed by atoms with Gasteiger partial charge in [0.1, 0.15) is 6.10 Å². The number of carbonyl (C=O) groups excluding carboxylic acids is 1. The summed E-state index contributed by atoms with van der Waals surface area (Å²) >= 11 is 0. The summed E-state index contributed by atoms with van der Waals surface area (Å²) in [6.07, 6.45) is 5.38. The third-order valence-electron chi connectivity index (χ3n) is 3.82. The SMILES string of the molecule is C#C[C@H](C)N(C)C(=O)N[C@@H]1CCO[C@@H]1c1ccc(F)c(F)c1. The summed E-state index contributed by atoms with van der Waals surface area (Å²) in [5.74, 6) is 0.623. The van der Waals surface area contributed by atoms with Crippen molar-refractivity contribution in [2.45, 2.75) is 31.5 Å². The lowest BCUT2D eigenvalue weighted by Gasteiger charge is -2.26. The van der Waals surface area contributed by atoms with Crippen LogP contribution in [0.1, 0.15) is 25.0 Å². The predicted molar refractivity (Wildman–Crippen MR) is 78.0 cm³/mol. The normalized spacial score (nSPS) is 22.0. The summed E-state index contributed by atoms with van der Waals surface area (Å²) < 4.78 is 31.9. The van der Waals surface area contributed by atoms with E-state index in [0.29, 0.717) is 18.6 Å². The minimum absolute atomic E-state index is 0.315. The number of amides is 2. The van der Waals surface area contributed by atoms with Gasteiger partial charge in [-0.25, -0.2) is 13.6 Å². The van der Waals surface area contributed by atoms with E-state index in [9.17, 15) is 13.6 Å². The quantitative estimate of drug-likeness (QED) is 0.872. The number of rotatable bonds is 3. The lowest BCUT2D eigenvalue weighted by Crippen LogP contribution is -2.47. The highest BCUT2D eigenvalue weighted by Crippen LogP contribution is 2.30. The molecule has 2 amide bonds. The maximum Gasteiger partial charge on any atom is 0.318 e. The zero-order valence-electron chi connectivity index (χ0n) is 12.5. The number of ether oxygens (including phenoxy) is 1. The molecular formula is C16H18F2N2O2. The number of terminal acetylenes is 1. The molecule has 1 saturated heterocycles. The smallest absolute Gasteiger partial charge is 0.318 e. The fourth-order valence-electron chi connectivity index (χ4n) is 2.30. The van der Waals surface area contributed by atoms with Crippen LogP contribution in [0.15, 0.2) is 18.2 Å². The van der Waals surface area contributed by atoms with Crippen LogP contribution in [0.25, 0.3) is 0 Å². The first-order valence-corrected chi connectivity index (χ1v) is 7.00. The Hall–Kier alpha value is -2.13. The van der Waals surface area contributed by atoms with E-state index in [1.54, 1.807) is 14.0 Å². The van der Waals surface area contributed by atoms with E-state index in [2.05, 4.69) is 11.2 Å². The van der Waals surface area contributed by atoms with Gasteiger partial charge < -0.3 is 15.0 Å². The van der Waals surface area contributed by atoms with Gasteiger partial charge in [0.05, 0.1) is 12.1 Å². The molecule has 0 bridgehead atoms. The Morgan fingerprint density at radius 1 is 1.50 bits per heavy atom. The van der Waals surface area contributed by atoms with E-state index in [-0.39, 0.29) is 18.1 Å². The van der Waals surface area contributed by atoms with Gasteiger partial charge in [-0.15, -0.1) is 6.42 Å². The zero-order chi connectivity index (χ0) is 16.3. The van der Waals surface area contributed by atoms with Crippen LogP contribution in [0.3, 0.4) is 0 Å². The summed E-state index contributed by atoms with van der Waals surface area (Å²) in [4.78, 5) is 13.5. The molecule has 22 heavy (non-hydrogen) atoms. The second-order valence-electron chi connectivity index (χ2n) is 5.26. The molecule has 1 aromatic carbocycles. The zero-order valence-corrected chi connectivity index (χ0v) is 12.5. The molecule has 1 aliphatic heterocycles. The van der Waals surface area contributed by atoms with Crippen LogP contribution in [0, 0.1) is 24.0 Å². The molecule has 1 aliphatic rings. The Labute approximate surface area is 128 Å². The fourth-order valence-corrected chi connectivity index (χ4v) is 2.30. The molecule has 2 rings (SSSR count).